The highest BCUT2D eigenvalue weighted by Gasteiger charge is 2.20. The number of benzene rings is 2. The summed E-state index contributed by atoms with van der Waals surface area (Å²) in [5, 5.41) is 11.6. The zero-order valence-electron chi connectivity index (χ0n) is 17.9. The number of nitrogens with zero attached hydrogens (tertiary/aromatic N) is 1. The van der Waals surface area contributed by atoms with Crippen molar-refractivity contribution in [3.8, 4) is 5.75 Å². The average Bonchev–Trinajstić information content (AvgIpc) is 2.81. The molecule has 174 valence electrons. The minimum atomic E-state index is -0.649. The number of nitrogens with one attached hydrogen (secondary N) is 1. The third kappa shape index (κ3) is 6.35. The van der Waals surface area contributed by atoms with Crippen molar-refractivity contribution in [2.24, 2.45) is 0 Å². The van der Waals surface area contributed by atoms with Crippen molar-refractivity contribution in [2.75, 3.05) is 18.9 Å². The predicted molar refractivity (Wildman–Crippen MR) is 127 cm³/mol. The quantitative estimate of drug-likeness (QED) is 0.375. The fourth-order valence-corrected chi connectivity index (χ4v) is 3.95. The van der Waals surface area contributed by atoms with E-state index in [1.54, 1.807) is 31.3 Å². The van der Waals surface area contributed by atoms with Gasteiger partial charge in [0.2, 0.25) is 0 Å². The van der Waals surface area contributed by atoms with E-state index in [2.05, 4.69) is 10.3 Å². The second-order valence-corrected chi connectivity index (χ2v) is 8.21. The third-order valence-electron chi connectivity index (χ3n) is 5.04. The Bertz CT molecular complexity index is 1130. The van der Waals surface area contributed by atoms with Crippen LogP contribution in [0.5, 0.6) is 5.75 Å². The summed E-state index contributed by atoms with van der Waals surface area (Å²) >= 11 is 12.3. The lowest BCUT2D eigenvalue weighted by Crippen LogP contribution is -2.26. The van der Waals surface area contributed by atoms with Gasteiger partial charge in [0, 0.05) is 28.9 Å². The van der Waals surface area contributed by atoms with E-state index in [1.165, 1.54) is 12.1 Å². The van der Waals surface area contributed by atoms with Crippen LogP contribution in [0.1, 0.15) is 40.1 Å². The van der Waals surface area contributed by atoms with Crippen molar-refractivity contribution in [1.82, 2.24) is 10.3 Å². The molecule has 4 N–H and O–H groups in total. The summed E-state index contributed by atoms with van der Waals surface area (Å²) in [5.74, 6) is -0.254. The lowest BCUT2D eigenvalue weighted by molar-refractivity contribution is 0.0944. The SMILES string of the molecule is CC(Oc1cc(CCc2ccc(C(=O)NCCO)cc2)cnc1N)c1c(Cl)ccc(F)c1Cl. The number of nitrogens with two attached hydrogens (primary N) is 1. The molecule has 0 fully saturated rings. The van der Waals surface area contributed by atoms with Gasteiger partial charge >= 0.3 is 0 Å². The summed E-state index contributed by atoms with van der Waals surface area (Å²) in [6, 6.07) is 11.7. The number of aliphatic hydroxyl groups excluding tert-OH is 1. The number of aliphatic hydroxyl groups is 1. The first kappa shape index (κ1) is 24.8. The molecule has 2 aromatic carbocycles. The second kappa shape index (κ2) is 11.3. The van der Waals surface area contributed by atoms with Gasteiger partial charge in [-0.2, -0.15) is 0 Å². The Morgan fingerprint density at radius 1 is 1.18 bits per heavy atom. The van der Waals surface area contributed by atoms with Crippen LogP contribution in [0.3, 0.4) is 0 Å². The molecule has 1 heterocycles. The molecule has 0 bridgehead atoms. The Kier molecular flexibility index (Phi) is 8.49. The monoisotopic (exact) mass is 491 g/mol. The number of hydrogen-bond donors (Lipinski definition) is 3. The smallest absolute Gasteiger partial charge is 0.251 e. The van der Waals surface area contributed by atoms with E-state index in [0.717, 1.165) is 11.1 Å². The maximum atomic E-state index is 13.9. The molecule has 3 aromatic rings. The first-order valence-electron chi connectivity index (χ1n) is 10.3. The highest BCUT2D eigenvalue weighted by Crippen LogP contribution is 2.36. The van der Waals surface area contributed by atoms with Gasteiger partial charge in [0.05, 0.1) is 11.6 Å². The summed E-state index contributed by atoms with van der Waals surface area (Å²) in [4.78, 5) is 16.1. The summed E-state index contributed by atoms with van der Waals surface area (Å²) in [7, 11) is 0. The number of carbonyl (C=O) groups excluding carboxylic acids is 1. The Morgan fingerprint density at radius 3 is 2.58 bits per heavy atom. The fraction of sp³-hybridized carbons (Fsp3) is 0.250. The molecule has 0 saturated carbocycles. The number of hydrogen-bond acceptors (Lipinski definition) is 5. The summed E-state index contributed by atoms with van der Waals surface area (Å²) in [6.07, 6.45) is 2.40. The number of nitrogen functional groups attached to an aromatic ring is 1. The highest BCUT2D eigenvalue weighted by atomic mass is 35.5. The minimum absolute atomic E-state index is 0.0915. The molecule has 0 aliphatic heterocycles. The van der Waals surface area contributed by atoms with Crippen LogP contribution in [0.2, 0.25) is 10.0 Å². The Labute approximate surface area is 201 Å². The van der Waals surface area contributed by atoms with E-state index in [-0.39, 0.29) is 29.9 Å². The zero-order chi connectivity index (χ0) is 24.0. The molecule has 9 heteroatoms. The topological polar surface area (TPSA) is 97.5 Å². The molecule has 6 nitrogen and oxygen atoms in total. The average molecular weight is 492 g/mol. The molecule has 3 rings (SSSR count). The minimum Gasteiger partial charge on any atom is -0.482 e. The second-order valence-electron chi connectivity index (χ2n) is 7.42. The summed E-state index contributed by atoms with van der Waals surface area (Å²) < 4.78 is 19.8. The maximum Gasteiger partial charge on any atom is 0.251 e. The number of aromatic nitrogens is 1. The number of anilines is 1. The van der Waals surface area contributed by atoms with E-state index < -0.39 is 11.9 Å². The van der Waals surface area contributed by atoms with Gasteiger partial charge in [-0.05, 0) is 61.2 Å². The van der Waals surface area contributed by atoms with E-state index in [0.29, 0.717) is 34.7 Å². The fourth-order valence-electron chi connectivity index (χ4n) is 3.27. The molecule has 0 saturated heterocycles. The zero-order valence-corrected chi connectivity index (χ0v) is 19.5. The van der Waals surface area contributed by atoms with E-state index in [9.17, 15) is 9.18 Å². The van der Waals surface area contributed by atoms with E-state index in [4.69, 9.17) is 38.8 Å². The Morgan fingerprint density at radius 2 is 1.88 bits per heavy atom. The maximum absolute atomic E-state index is 13.9. The molecule has 1 atom stereocenters. The molecule has 0 aliphatic rings. The number of carbonyl (C=O) groups is 1. The molecule has 1 amide bonds. The van der Waals surface area contributed by atoms with Crippen molar-refractivity contribution in [3.63, 3.8) is 0 Å². The van der Waals surface area contributed by atoms with E-state index >= 15 is 0 Å². The molecular weight excluding hydrogens is 468 g/mol. The van der Waals surface area contributed by atoms with Gasteiger partial charge in [-0.3, -0.25) is 4.79 Å². The van der Waals surface area contributed by atoms with Gasteiger partial charge in [-0.15, -0.1) is 0 Å². The van der Waals surface area contributed by atoms with Gasteiger partial charge in [-0.1, -0.05) is 35.3 Å². The molecule has 0 spiro atoms. The van der Waals surface area contributed by atoms with Crippen molar-refractivity contribution >= 4 is 34.9 Å². The van der Waals surface area contributed by atoms with E-state index in [1.807, 2.05) is 12.1 Å². The van der Waals surface area contributed by atoms with Crippen LogP contribution in [-0.4, -0.2) is 29.1 Å². The van der Waals surface area contributed by atoms with Crippen molar-refractivity contribution in [3.05, 3.63) is 86.8 Å². The number of halogens is 3. The van der Waals surface area contributed by atoms with Crippen LogP contribution in [0.25, 0.3) is 0 Å². The van der Waals surface area contributed by atoms with Gasteiger partial charge in [0.25, 0.3) is 5.91 Å². The number of aryl methyl sites for hydroxylation is 2. The van der Waals surface area contributed by atoms with Crippen molar-refractivity contribution < 1.29 is 19.0 Å². The third-order valence-corrected chi connectivity index (χ3v) is 5.76. The van der Waals surface area contributed by atoms with Gasteiger partial charge in [0.1, 0.15) is 11.9 Å². The number of pyridine rings is 1. The molecule has 0 radical (unpaired) electrons. The van der Waals surface area contributed by atoms with Crippen LogP contribution < -0.4 is 15.8 Å². The van der Waals surface area contributed by atoms with Gasteiger partial charge < -0.3 is 20.9 Å². The Balaban J connectivity index is 1.67. The summed E-state index contributed by atoms with van der Waals surface area (Å²) in [5.41, 5.74) is 8.78. The molecule has 1 aromatic heterocycles. The van der Waals surface area contributed by atoms with Crippen molar-refractivity contribution in [2.45, 2.75) is 25.9 Å². The number of ether oxygens (including phenoxy) is 1. The molecule has 1 unspecified atom stereocenters. The lowest BCUT2D eigenvalue weighted by atomic mass is 10.0. The van der Waals surface area contributed by atoms with Gasteiger partial charge in [-0.25, -0.2) is 9.37 Å². The lowest BCUT2D eigenvalue weighted by Gasteiger charge is -2.19. The first-order valence-corrected chi connectivity index (χ1v) is 11.1. The molecular formula is C24H24Cl2FN3O3. The standard InChI is InChI=1S/C24H24Cl2FN3O3/c1-14(21-18(25)8-9-19(27)22(21)26)33-20-12-16(13-30-23(20)28)3-2-15-4-6-17(7-5-15)24(32)29-10-11-31/h4-9,12-14,31H,2-3,10-11H2,1H3,(H2,28,30)(H,29,32). The number of amides is 1. The van der Waals surface area contributed by atoms with Crippen LogP contribution >= 0.6 is 23.2 Å². The van der Waals surface area contributed by atoms with Crippen LogP contribution in [0, 0.1) is 5.82 Å². The molecule has 0 aliphatic carbocycles. The van der Waals surface area contributed by atoms with Crippen LogP contribution in [0.4, 0.5) is 10.2 Å². The number of rotatable bonds is 9. The highest BCUT2D eigenvalue weighted by molar-refractivity contribution is 6.36. The van der Waals surface area contributed by atoms with Crippen LogP contribution in [0.15, 0.2) is 48.7 Å². The van der Waals surface area contributed by atoms with Crippen LogP contribution in [-0.2, 0) is 12.8 Å². The largest absolute Gasteiger partial charge is 0.482 e. The summed E-state index contributed by atoms with van der Waals surface area (Å²) in [6.45, 7) is 1.81. The predicted octanol–water partition coefficient (Wildman–Crippen LogP) is 4.76. The van der Waals surface area contributed by atoms with Crippen molar-refractivity contribution in [1.29, 1.82) is 0 Å². The Hall–Kier alpha value is -2.87. The van der Waals surface area contributed by atoms with Gasteiger partial charge in [0.15, 0.2) is 11.6 Å². The first-order chi connectivity index (χ1) is 15.8. The normalized spacial score (nSPS) is 11.8. The molecule has 33 heavy (non-hydrogen) atoms.